The predicted molar refractivity (Wildman–Crippen MR) is 159 cm³/mol. The smallest absolute Gasteiger partial charge is 0.376 e. The molecule has 0 aromatic rings. The van der Waals surface area contributed by atoms with E-state index < -0.39 is 26.4 Å². The SMILES string of the molecule is CCC(NC(CC)[Si](OC)(OC)OC)[Si](OC)(OC)OC.CCC[Si](OCC)(OCC)OCC.NCCN. The summed E-state index contributed by atoms with van der Waals surface area (Å²) in [6.45, 7) is 15.4. The first-order valence-electron chi connectivity index (χ1n) is 13.5. The van der Waals surface area contributed by atoms with Crippen molar-refractivity contribution in [2.24, 2.45) is 11.5 Å². The van der Waals surface area contributed by atoms with Gasteiger partial charge >= 0.3 is 26.4 Å². The van der Waals surface area contributed by atoms with Crippen molar-refractivity contribution in [3.8, 4) is 0 Å². The Morgan fingerprint density at radius 3 is 1.00 bits per heavy atom. The zero-order valence-electron chi connectivity index (χ0n) is 26.3. The monoisotopic (exact) mass is 607 g/mol. The topological polar surface area (TPSA) is 147 Å². The van der Waals surface area contributed by atoms with Crippen LogP contribution in [-0.2, 0) is 39.8 Å². The van der Waals surface area contributed by atoms with E-state index in [1.807, 2.05) is 20.8 Å². The zero-order chi connectivity index (χ0) is 30.1. The average Bonchev–Trinajstić information content (AvgIpc) is 2.94. The Labute approximate surface area is 236 Å². The summed E-state index contributed by atoms with van der Waals surface area (Å²) in [4.78, 5) is 0. The van der Waals surface area contributed by atoms with Crippen molar-refractivity contribution in [1.29, 1.82) is 0 Å². The summed E-state index contributed by atoms with van der Waals surface area (Å²) < 4.78 is 50.4. The van der Waals surface area contributed by atoms with Gasteiger partial charge in [0.1, 0.15) is 0 Å². The molecule has 0 bridgehead atoms. The highest BCUT2D eigenvalue weighted by molar-refractivity contribution is 6.64. The minimum Gasteiger partial charge on any atom is -0.376 e. The number of nitrogens with two attached hydrogens (primary N) is 2. The maximum absolute atomic E-state index is 5.65. The summed E-state index contributed by atoms with van der Waals surface area (Å²) >= 11 is 0. The maximum atomic E-state index is 5.65. The molecule has 0 aliphatic rings. The molecule has 0 radical (unpaired) electrons. The molecule has 0 saturated heterocycles. The molecule has 0 fully saturated rings. The number of rotatable bonds is 21. The van der Waals surface area contributed by atoms with Gasteiger partial charge in [-0.1, -0.05) is 27.2 Å². The van der Waals surface area contributed by atoms with Crippen molar-refractivity contribution < 1.29 is 39.8 Å². The predicted octanol–water partition coefficient (Wildman–Crippen LogP) is 2.32. The van der Waals surface area contributed by atoms with Crippen LogP contribution in [0.3, 0.4) is 0 Å². The second-order valence-electron chi connectivity index (χ2n) is 7.83. The first kappa shape index (κ1) is 42.6. The summed E-state index contributed by atoms with van der Waals surface area (Å²) in [5.41, 5.74) is 9.66. The van der Waals surface area contributed by atoms with Crippen LogP contribution in [0, 0.1) is 0 Å². The van der Waals surface area contributed by atoms with E-state index >= 15 is 0 Å². The maximum Gasteiger partial charge on any atom is 0.517 e. The van der Waals surface area contributed by atoms with Gasteiger partial charge in [-0.3, -0.25) is 0 Å². The van der Waals surface area contributed by atoms with Crippen LogP contribution in [0.2, 0.25) is 6.04 Å². The fourth-order valence-electron chi connectivity index (χ4n) is 3.84. The molecule has 0 spiro atoms. The van der Waals surface area contributed by atoms with E-state index in [9.17, 15) is 0 Å². The van der Waals surface area contributed by atoms with Gasteiger partial charge in [-0.15, -0.1) is 0 Å². The molecule has 2 unspecified atom stereocenters. The standard InChI is InChI=1S/C12H31NO6Si2.C9H22O3Si.C2H8N2/c1-9-11(20(14-3,15-4)16-5)13-12(10-2)21(17-6,18-7)19-8;1-5-9-13(10-6-2,11-7-3)12-8-4;3-1-2-4/h11-13H,9-10H2,1-8H3;5-9H2,1-4H3;1-4H2. The number of hydrogen-bond donors (Lipinski definition) is 3. The molecule has 234 valence electrons. The molecule has 0 heterocycles. The molecule has 0 aliphatic heterocycles. The van der Waals surface area contributed by atoms with Gasteiger partial charge in [0.15, 0.2) is 0 Å². The molecule has 0 rings (SSSR count). The van der Waals surface area contributed by atoms with Gasteiger partial charge in [0.2, 0.25) is 0 Å². The first-order valence-corrected chi connectivity index (χ1v) is 19.1. The van der Waals surface area contributed by atoms with Crippen molar-refractivity contribution in [3.05, 3.63) is 0 Å². The first-order chi connectivity index (χ1) is 18.1. The Kier molecular flexibility index (Phi) is 29.3. The third-order valence-corrected chi connectivity index (χ3v) is 15.2. The summed E-state index contributed by atoms with van der Waals surface area (Å²) in [6.07, 6.45) is 2.63. The minimum atomic E-state index is -2.80. The summed E-state index contributed by atoms with van der Waals surface area (Å²) in [6, 6.07) is 0.919. The molecule has 0 saturated carbocycles. The van der Waals surface area contributed by atoms with Crippen LogP contribution in [0.5, 0.6) is 0 Å². The van der Waals surface area contributed by atoms with Crippen LogP contribution < -0.4 is 16.8 Å². The molecule has 0 aromatic heterocycles. The van der Waals surface area contributed by atoms with E-state index in [0.717, 1.165) is 25.3 Å². The Balaban J connectivity index is -0.000000611. The fourth-order valence-corrected chi connectivity index (χ4v) is 11.1. The molecule has 5 N–H and O–H groups in total. The zero-order valence-corrected chi connectivity index (χ0v) is 29.3. The van der Waals surface area contributed by atoms with Crippen LogP contribution >= 0.6 is 0 Å². The summed E-state index contributed by atoms with van der Waals surface area (Å²) in [5, 5.41) is 3.51. The number of hydrogen-bond acceptors (Lipinski definition) is 12. The van der Waals surface area contributed by atoms with Crippen molar-refractivity contribution in [2.75, 3.05) is 75.6 Å². The van der Waals surface area contributed by atoms with Gasteiger partial charge in [0, 0.05) is 81.6 Å². The molecule has 0 aromatic carbocycles. The lowest BCUT2D eigenvalue weighted by Gasteiger charge is -2.38. The molecule has 0 aliphatic carbocycles. The highest BCUT2D eigenvalue weighted by atomic mass is 28.4. The third kappa shape index (κ3) is 14.7. The highest BCUT2D eigenvalue weighted by Crippen LogP contribution is 2.21. The van der Waals surface area contributed by atoms with Crippen LogP contribution in [0.15, 0.2) is 0 Å². The van der Waals surface area contributed by atoms with E-state index in [2.05, 4.69) is 26.1 Å². The van der Waals surface area contributed by atoms with Gasteiger partial charge in [0.05, 0.1) is 11.3 Å². The average molecular weight is 608 g/mol. The normalized spacial score (nSPS) is 13.7. The van der Waals surface area contributed by atoms with E-state index in [4.69, 9.17) is 51.3 Å². The van der Waals surface area contributed by atoms with Gasteiger partial charge in [-0.25, -0.2) is 0 Å². The molecule has 0 amide bonds. The van der Waals surface area contributed by atoms with Gasteiger partial charge < -0.3 is 56.6 Å². The van der Waals surface area contributed by atoms with Gasteiger partial charge in [-0.2, -0.15) is 0 Å². The van der Waals surface area contributed by atoms with Crippen LogP contribution in [0.1, 0.15) is 60.8 Å². The van der Waals surface area contributed by atoms with Crippen molar-refractivity contribution in [1.82, 2.24) is 5.32 Å². The molecular formula is C23H61N3O9Si3. The second kappa shape index (κ2) is 26.1. The minimum absolute atomic E-state index is 0.0743. The number of nitrogens with one attached hydrogen (secondary N) is 1. The van der Waals surface area contributed by atoms with E-state index in [1.54, 1.807) is 42.7 Å². The van der Waals surface area contributed by atoms with Gasteiger partial charge in [-0.05, 0) is 33.6 Å². The van der Waals surface area contributed by atoms with E-state index in [1.165, 1.54) is 0 Å². The molecule has 12 nitrogen and oxygen atoms in total. The van der Waals surface area contributed by atoms with Gasteiger partial charge in [0.25, 0.3) is 0 Å². The summed E-state index contributed by atoms with van der Waals surface area (Å²) in [5.74, 6) is 0. The Hall–Kier alpha value is 0.171. The van der Waals surface area contributed by atoms with Crippen molar-refractivity contribution >= 4 is 26.4 Å². The largest absolute Gasteiger partial charge is 0.517 e. The molecule has 15 heteroatoms. The quantitative estimate of drug-likeness (QED) is 0.165. The van der Waals surface area contributed by atoms with Crippen LogP contribution in [-0.4, -0.2) is 113 Å². The third-order valence-electron chi connectivity index (χ3n) is 5.60. The lowest BCUT2D eigenvalue weighted by Crippen LogP contribution is -2.68. The molecule has 38 heavy (non-hydrogen) atoms. The van der Waals surface area contributed by atoms with E-state index in [-0.39, 0.29) is 11.3 Å². The Morgan fingerprint density at radius 2 is 0.842 bits per heavy atom. The Bertz CT molecular complexity index is 436. The fraction of sp³-hybridized carbons (Fsp3) is 1.00. The highest BCUT2D eigenvalue weighted by Gasteiger charge is 2.53. The molecule has 2 atom stereocenters. The lowest BCUT2D eigenvalue weighted by molar-refractivity contribution is 0.0711. The van der Waals surface area contributed by atoms with Crippen LogP contribution in [0.4, 0.5) is 0 Å². The summed E-state index contributed by atoms with van der Waals surface area (Å²) in [7, 11) is 1.76. The van der Waals surface area contributed by atoms with E-state index in [0.29, 0.717) is 32.9 Å². The Morgan fingerprint density at radius 1 is 0.553 bits per heavy atom. The molecular weight excluding hydrogens is 547 g/mol. The second-order valence-corrected chi connectivity index (χ2v) is 16.8. The van der Waals surface area contributed by atoms with Crippen molar-refractivity contribution in [3.63, 3.8) is 0 Å². The van der Waals surface area contributed by atoms with Crippen LogP contribution in [0.25, 0.3) is 0 Å². The van der Waals surface area contributed by atoms with Crippen molar-refractivity contribution in [2.45, 2.75) is 78.2 Å². The lowest BCUT2D eigenvalue weighted by atomic mass is 10.4.